The second kappa shape index (κ2) is 5.42. The van der Waals surface area contributed by atoms with Gasteiger partial charge in [0.15, 0.2) is 6.21 Å². The monoisotopic (exact) mass is 239 g/mol. The van der Waals surface area contributed by atoms with Gasteiger partial charge in [0.05, 0.1) is 9.96 Å². The Morgan fingerprint density at radius 2 is 1.88 bits per heavy atom. The third kappa shape index (κ3) is 3.47. The van der Waals surface area contributed by atoms with Crippen molar-refractivity contribution in [2.45, 2.75) is 0 Å². The minimum atomic E-state index is -0.437. The lowest BCUT2D eigenvalue weighted by atomic mass is 10.2. The van der Waals surface area contributed by atoms with Crippen LogP contribution in [-0.2, 0) is 0 Å². The first-order valence-corrected chi connectivity index (χ1v) is 5.00. The molecular formula is C11H12ClN2O2+. The van der Waals surface area contributed by atoms with Crippen molar-refractivity contribution in [2.75, 3.05) is 14.1 Å². The first kappa shape index (κ1) is 12.4. The Balaban J connectivity index is 2.94. The van der Waals surface area contributed by atoms with Crippen molar-refractivity contribution in [2.24, 2.45) is 0 Å². The number of nitro benzene ring substituents is 1. The van der Waals surface area contributed by atoms with E-state index in [4.69, 9.17) is 11.6 Å². The van der Waals surface area contributed by atoms with E-state index in [1.54, 1.807) is 18.2 Å². The van der Waals surface area contributed by atoms with E-state index in [1.165, 1.54) is 12.1 Å². The highest BCUT2D eigenvalue weighted by Gasteiger charge is 2.05. The number of benzene rings is 1. The van der Waals surface area contributed by atoms with Crippen LogP contribution in [0.2, 0.25) is 0 Å². The van der Waals surface area contributed by atoms with Gasteiger partial charge in [-0.2, -0.15) is 0 Å². The molecule has 0 aliphatic rings. The molecule has 0 radical (unpaired) electrons. The lowest BCUT2D eigenvalue weighted by Gasteiger charge is -1.97. The molecule has 1 aromatic rings. The van der Waals surface area contributed by atoms with Crippen LogP contribution in [0, 0.1) is 10.1 Å². The van der Waals surface area contributed by atoms with Gasteiger partial charge in [0, 0.05) is 18.2 Å². The zero-order chi connectivity index (χ0) is 12.1. The van der Waals surface area contributed by atoms with Crippen molar-refractivity contribution >= 4 is 28.5 Å². The first-order valence-electron chi connectivity index (χ1n) is 4.62. The van der Waals surface area contributed by atoms with Gasteiger partial charge >= 0.3 is 0 Å². The average molecular weight is 240 g/mol. The Morgan fingerprint density at radius 3 is 2.31 bits per heavy atom. The molecule has 0 fully saturated rings. The van der Waals surface area contributed by atoms with Gasteiger partial charge in [-0.1, -0.05) is 11.6 Å². The molecule has 1 rings (SSSR count). The Kier molecular flexibility index (Phi) is 4.19. The predicted octanol–water partition coefficient (Wildman–Crippen LogP) is 2.52. The second-order valence-electron chi connectivity index (χ2n) is 3.43. The molecule has 4 nitrogen and oxygen atoms in total. The molecule has 0 saturated carbocycles. The van der Waals surface area contributed by atoms with Crippen LogP contribution >= 0.6 is 11.6 Å². The minimum absolute atomic E-state index is 0.0600. The molecule has 0 heterocycles. The number of nitro groups is 1. The molecule has 0 spiro atoms. The van der Waals surface area contributed by atoms with Crippen LogP contribution in [0.1, 0.15) is 5.56 Å². The summed E-state index contributed by atoms with van der Waals surface area (Å²) in [5, 5.41) is 11.0. The number of non-ortho nitro benzene ring substituents is 1. The molecule has 0 saturated heterocycles. The van der Waals surface area contributed by atoms with Crippen LogP contribution in [0.25, 0.3) is 5.03 Å². The number of allylic oxidation sites excluding steroid dienone is 1. The molecule has 0 unspecified atom stereocenters. The second-order valence-corrected chi connectivity index (χ2v) is 3.84. The Bertz CT molecular complexity index is 446. The Labute approximate surface area is 98.6 Å². The third-order valence-electron chi connectivity index (χ3n) is 1.87. The van der Waals surface area contributed by atoms with Gasteiger partial charge in [0.1, 0.15) is 14.1 Å². The standard InChI is InChI=1S/C11H12ClN2O2/c1-13(2)8-7-11(12)9-3-5-10(6-4-9)14(15)16/h3-8H,1-2H3/q+1. The summed E-state index contributed by atoms with van der Waals surface area (Å²) in [6, 6.07) is 6.11. The van der Waals surface area contributed by atoms with E-state index in [1.807, 2.05) is 24.9 Å². The summed E-state index contributed by atoms with van der Waals surface area (Å²) in [4.78, 5) is 10.0. The van der Waals surface area contributed by atoms with Crippen LogP contribution in [0.4, 0.5) is 5.69 Å². The number of halogens is 1. The van der Waals surface area contributed by atoms with Crippen molar-refractivity contribution in [1.82, 2.24) is 0 Å². The van der Waals surface area contributed by atoms with E-state index in [0.717, 1.165) is 5.56 Å². The molecule has 0 atom stereocenters. The predicted molar refractivity (Wildman–Crippen MR) is 65.1 cm³/mol. The fraction of sp³-hybridized carbons (Fsp3) is 0.182. The maximum absolute atomic E-state index is 10.4. The van der Waals surface area contributed by atoms with Gasteiger partial charge in [-0.15, -0.1) is 0 Å². The van der Waals surface area contributed by atoms with Gasteiger partial charge in [-0.3, -0.25) is 10.1 Å². The van der Waals surface area contributed by atoms with Crippen molar-refractivity contribution in [3.05, 3.63) is 46.0 Å². The number of nitrogens with zero attached hydrogens (tertiary/aromatic N) is 2. The SMILES string of the molecule is C[N+](C)=CC=C(Cl)c1ccc([N+](=O)[O-])cc1. The molecule has 0 bridgehead atoms. The fourth-order valence-corrected chi connectivity index (χ4v) is 1.24. The Morgan fingerprint density at radius 1 is 1.31 bits per heavy atom. The third-order valence-corrected chi connectivity index (χ3v) is 2.22. The summed E-state index contributed by atoms with van der Waals surface area (Å²) in [5.41, 5.74) is 0.815. The topological polar surface area (TPSA) is 46.1 Å². The summed E-state index contributed by atoms with van der Waals surface area (Å²) >= 11 is 6.02. The smallest absolute Gasteiger partial charge is 0.258 e. The van der Waals surface area contributed by atoms with Crippen LogP contribution in [0.3, 0.4) is 0 Å². The van der Waals surface area contributed by atoms with Crippen molar-refractivity contribution in [3.63, 3.8) is 0 Å². The molecule has 0 aliphatic heterocycles. The van der Waals surface area contributed by atoms with Gasteiger partial charge in [-0.05, 0) is 17.7 Å². The van der Waals surface area contributed by atoms with Crippen LogP contribution < -0.4 is 0 Å². The van der Waals surface area contributed by atoms with Gasteiger partial charge in [0.25, 0.3) is 5.69 Å². The quantitative estimate of drug-likeness (QED) is 0.352. The van der Waals surface area contributed by atoms with Crippen LogP contribution in [0.5, 0.6) is 0 Å². The zero-order valence-electron chi connectivity index (χ0n) is 9.05. The van der Waals surface area contributed by atoms with Crippen molar-refractivity contribution < 1.29 is 9.50 Å². The molecule has 16 heavy (non-hydrogen) atoms. The number of hydrogen-bond acceptors (Lipinski definition) is 2. The van der Waals surface area contributed by atoms with Gasteiger partial charge < -0.3 is 0 Å². The fourth-order valence-electron chi connectivity index (χ4n) is 1.05. The van der Waals surface area contributed by atoms with Crippen LogP contribution in [0.15, 0.2) is 30.3 Å². The molecule has 0 amide bonds. The molecular weight excluding hydrogens is 228 g/mol. The van der Waals surface area contributed by atoms with Gasteiger partial charge in [-0.25, -0.2) is 4.58 Å². The molecule has 0 aromatic heterocycles. The van der Waals surface area contributed by atoms with Crippen molar-refractivity contribution in [3.8, 4) is 0 Å². The zero-order valence-corrected chi connectivity index (χ0v) is 9.81. The molecule has 0 aliphatic carbocycles. The maximum Gasteiger partial charge on any atom is 0.269 e. The van der Waals surface area contributed by atoms with E-state index in [-0.39, 0.29) is 5.69 Å². The number of rotatable bonds is 3. The average Bonchev–Trinajstić information content (AvgIpc) is 2.26. The highest BCUT2D eigenvalue weighted by atomic mass is 35.5. The minimum Gasteiger partial charge on any atom is -0.258 e. The first-order chi connectivity index (χ1) is 7.50. The summed E-state index contributed by atoms with van der Waals surface area (Å²) in [5.74, 6) is 0. The van der Waals surface area contributed by atoms with E-state index in [9.17, 15) is 10.1 Å². The van der Waals surface area contributed by atoms with Crippen LogP contribution in [-0.4, -0.2) is 29.8 Å². The summed E-state index contributed by atoms with van der Waals surface area (Å²) in [6.07, 6.45) is 3.55. The van der Waals surface area contributed by atoms with E-state index in [2.05, 4.69) is 0 Å². The lowest BCUT2D eigenvalue weighted by molar-refractivity contribution is -0.458. The summed E-state index contributed by atoms with van der Waals surface area (Å²) in [7, 11) is 3.77. The lowest BCUT2D eigenvalue weighted by Crippen LogP contribution is -1.95. The normalized spacial score (nSPS) is 11.1. The van der Waals surface area contributed by atoms with E-state index >= 15 is 0 Å². The highest BCUT2D eigenvalue weighted by Crippen LogP contribution is 2.21. The maximum atomic E-state index is 10.4. The molecule has 5 heteroatoms. The summed E-state index contributed by atoms with van der Waals surface area (Å²) in [6.45, 7) is 0. The van der Waals surface area contributed by atoms with Gasteiger partial charge in [0.2, 0.25) is 0 Å². The largest absolute Gasteiger partial charge is 0.269 e. The van der Waals surface area contributed by atoms with E-state index < -0.39 is 4.92 Å². The molecule has 0 N–H and O–H groups in total. The summed E-state index contributed by atoms with van der Waals surface area (Å²) < 4.78 is 1.85. The van der Waals surface area contributed by atoms with Crippen molar-refractivity contribution in [1.29, 1.82) is 0 Å². The van der Waals surface area contributed by atoms with E-state index in [0.29, 0.717) is 5.03 Å². The molecule has 84 valence electrons. The highest BCUT2D eigenvalue weighted by molar-refractivity contribution is 6.49. The number of hydrogen-bond donors (Lipinski definition) is 0. The molecule has 1 aromatic carbocycles. The Hall–Kier alpha value is -1.68.